The van der Waals surface area contributed by atoms with Crippen LogP contribution in [0.15, 0.2) is 0 Å². The summed E-state index contributed by atoms with van der Waals surface area (Å²) in [6.07, 6.45) is 2.06. The van der Waals surface area contributed by atoms with Crippen LogP contribution in [0.25, 0.3) is 0 Å². The lowest BCUT2D eigenvalue weighted by Gasteiger charge is -2.37. The quantitative estimate of drug-likeness (QED) is 0.572. The van der Waals surface area contributed by atoms with E-state index in [4.69, 9.17) is 21.1 Å². The molecule has 3 heterocycles. The number of ether oxygens (including phenoxy) is 2. The molecule has 31 heavy (non-hydrogen) atoms. The number of carbonyl (C=O) groups excluding carboxylic acids is 2. The first kappa shape index (κ1) is 23.5. The monoisotopic (exact) mass is 469 g/mol. The summed E-state index contributed by atoms with van der Waals surface area (Å²) in [4.78, 5) is 39.1. The number of aryl methyl sites for hydroxylation is 2. The second kappa shape index (κ2) is 10.4. The molecule has 0 saturated carbocycles. The van der Waals surface area contributed by atoms with Crippen LogP contribution in [-0.2, 0) is 15.9 Å². The summed E-state index contributed by atoms with van der Waals surface area (Å²) >= 11 is 7.43. The first-order chi connectivity index (χ1) is 14.9. The number of halogens is 1. The Balaban J connectivity index is 1.66. The molecule has 0 radical (unpaired) electrons. The Kier molecular flexibility index (Phi) is 7.90. The summed E-state index contributed by atoms with van der Waals surface area (Å²) in [6, 6.07) is -0.183. The van der Waals surface area contributed by atoms with E-state index in [-0.39, 0.29) is 29.8 Å². The zero-order valence-corrected chi connectivity index (χ0v) is 19.7. The fraction of sp³-hybridized carbons (Fsp3) is 0.600. The number of nitrogens with one attached hydrogen (secondary N) is 2. The Morgan fingerprint density at radius 2 is 2.13 bits per heavy atom. The fourth-order valence-corrected chi connectivity index (χ4v) is 4.77. The van der Waals surface area contributed by atoms with Crippen molar-refractivity contribution in [2.45, 2.75) is 52.2 Å². The number of nitrogens with zero attached hydrogens (tertiary/aromatic N) is 3. The normalized spacial score (nSPS) is 18.8. The van der Waals surface area contributed by atoms with Gasteiger partial charge in [-0.15, -0.1) is 0 Å². The van der Waals surface area contributed by atoms with E-state index in [1.54, 1.807) is 21.0 Å². The average Bonchev–Trinajstić information content (AvgIpc) is 3.31. The molecule has 1 fully saturated rings. The molecule has 0 bridgehead atoms. The third-order valence-corrected chi connectivity index (χ3v) is 6.65. The molecule has 0 aromatic carbocycles. The molecule has 3 rings (SSSR count). The minimum absolute atomic E-state index is 0.183. The van der Waals surface area contributed by atoms with Crippen LogP contribution in [0.5, 0.6) is 0 Å². The lowest BCUT2D eigenvalue weighted by atomic mass is 10.0. The molecule has 2 atom stereocenters. The van der Waals surface area contributed by atoms with Gasteiger partial charge >= 0.3 is 5.97 Å². The van der Waals surface area contributed by atoms with E-state index in [9.17, 15) is 9.59 Å². The summed E-state index contributed by atoms with van der Waals surface area (Å²) < 4.78 is 10.8. The van der Waals surface area contributed by atoms with E-state index in [0.717, 1.165) is 23.7 Å². The molecular weight excluding hydrogens is 442 g/mol. The Hall–Kier alpha value is -2.17. The van der Waals surface area contributed by atoms with Gasteiger partial charge in [0.15, 0.2) is 16.1 Å². The van der Waals surface area contributed by atoms with Crippen molar-refractivity contribution in [3.05, 3.63) is 27.2 Å². The van der Waals surface area contributed by atoms with E-state index in [1.165, 1.54) is 11.3 Å². The molecule has 0 unspecified atom stereocenters. The van der Waals surface area contributed by atoms with E-state index in [1.807, 2.05) is 6.92 Å². The van der Waals surface area contributed by atoms with Gasteiger partial charge in [0.25, 0.3) is 5.91 Å². The highest BCUT2D eigenvalue weighted by atomic mass is 35.5. The number of hydrogen-bond acceptors (Lipinski definition) is 8. The summed E-state index contributed by atoms with van der Waals surface area (Å²) in [7, 11) is 1.62. The number of rotatable bonds is 8. The van der Waals surface area contributed by atoms with Gasteiger partial charge in [0, 0.05) is 20.2 Å². The number of anilines is 1. The van der Waals surface area contributed by atoms with Crippen LogP contribution in [0.4, 0.5) is 5.13 Å². The first-order valence-electron chi connectivity index (χ1n) is 10.3. The molecule has 11 heteroatoms. The highest BCUT2D eigenvalue weighted by Gasteiger charge is 2.33. The zero-order chi connectivity index (χ0) is 22.5. The number of imidazole rings is 1. The molecule has 1 amide bonds. The Morgan fingerprint density at radius 1 is 1.35 bits per heavy atom. The molecule has 2 aromatic rings. The Bertz CT molecular complexity index is 931. The van der Waals surface area contributed by atoms with Crippen LogP contribution >= 0.6 is 22.9 Å². The second-order valence-electron chi connectivity index (χ2n) is 7.33. The van der Waals surface area contributed by atoms with Crippen molar-refractivity contribution in [2.75, 3.05) is 31.7 Å². The molecule has 170 valence electrons. The highest BCUT2D eigenvalue weighted by Crippen LogP contribution is 2.29. The number of H-pyrrole nitrogens is 1. The number of esters is 1. The SMILES string of the molecule is CCCc1[nH]c(C(=O)N[C@H]2CCN(c3nc(C)c(C(=O)OCC)s3)C[C@H]2OC)nc1Cl. The summed E-state index contributed by atoms with van der Waals surface area (Å²) in [5.41, 5.74) is 1.42. The smallest absolute Gasteiger partial charge is 0.350 e. The fourth-order valence-electron chi connectivity index (χ4n) is 3.55. The average molecular weight is 470 g/mol. The van der Waals surface area contributed by atoms with E-state index < -0.39 is 0 Å². The maximum Gasteiger partial charge on any atom is 0.350 e. The number of methoxy groups -OCH3 is 1. The van der Waals surface area contributed by atoms with Crippen LogP contribution < -0.4 is 10.2 Å². The maximum atomic E-state index is 12.7. The highest BCUT2D eigenvalue weighted by molar-refractivity contribution is 7.17. The van der Waals surface area contributed by atoms with Crippen molar-refractivity contribution < 1.29 is 19.1 Å². The van der Waals surface area contributed by atoms with Crippen LogP contribution in [-0.4, -0.2) is 65.8 Å². The Morgan fingerprint density at radius 3 is 2.81 bits per heavy atom. The predicted molar refractivity (Wildman–Crippen MR) is 119 cm³/mol. The van der Waals surface area contributed by atoms with Crippen molar-refractivity contribution >= 4 is 39.9 Å². The molecule has 0 spiro atoms. The van der Waals surface area contributed by atoms with Gasteiger partial charge in [0.2, 0.25) is 0 Å². The third kappa shape index (κ3) is 5.36. The van der Waals surface area contributed by atoms with Gasteiger partial charge in [-0.3, -0.25) is 4.79 Å². The molecule has 0 aliphatic carbocycles. The van der Waals surface area contributed by atoms with Gasteiger partial charge in [-0.2, -0.15) is 0 Å². The molecule has 9 nitrogen and oxygen atoms in total. The van der Waals surface area contributed by atoms with Crippen LogP contribution in [0.3, 0.4) is 0 Å². The maximum absolute atomic E-state index is 12.7. The number of thiazole rings is 1. The van der Waals surface area contributed by atoms with Crippen LogP contribution in [0.2, 0.25) is 5.15 Å². The minimum Gasteiger partial charge on any atom is -0.462 e. The van der Waals surface area contributed by atoms with Gasteiger partial charge < -0.3 is 24.7 Å². The largest absolute Gasteiger partial charge is 0.462 e. The number of aromatic nitrogens is 3. The summed E-state index contributed by atoms with van der Waals surface area (Å²) in [6.45, 7) is 7.14. The van der Waals surface area contributed by atoms with Gasteiger partial charge in [-0.1, -0.05) is 36.3 Å². The zero-order valence-electron chi connectivity index (χ0n) is 18.2. The van der Waals surface area contributed by atoms with Crippen LogP contribution in [0.1, 0.15) is 58.4 Å². The third-order valence-electron chi connectivity index (χ3n) is 5.14. The lowest BCUT2D eigenvalue weighted by Crippen LogP contribution is -2.55. The first-order valence-corrected chi connectivity index (χ1v) is 11.5. The van der Waals surface area contributed by atoms with E-state index in [2.05, 4.69) is 25.2 Å². The number of carbonyl (C=O) groups is 2. The molecule has 1 aliphatic rings. The van der Waals surface area contributed by atoms with E-state index in [0.29, 0.717) is 41.8 Å². The lowest BCUT2D eigenvalue weighted by molar-refractivity contribution is 0.0530. The Labute approximate surface area is 190 Å². The number of aromatic amines is 1. The summed E-state index contributed by atoms with van der Waals surface area (Å²) in [5.74, 6) is -0.450. The number of piperidine rings is 1. The number of hydrogen-bond donors (Lipinski definition) is 2. The van der Waals surface area contributed by atoms with Crippen molar-refractivity contribution in [3.8, 4) is 0 Å². The second-order valence-corrected chi connectivity index (χ2v) is 8.66. The van der Waals surface area contributed by atoms with Crippen molar-refractivity contribution in [1.82, 2.24) is 20.3 Å². The predicted octanol–water partition coefficient (Wildman–Crippen LogP) is 2.98. The summed E-state index contributed by atoms with van der Waals surface area (Å²) in [5, 5.41) is 4.09. The molecule has 1 aliphatic heterocycles. The van der Waals surface area contributed by atoms with Crippen LogP contribution in [0, 0.1) is 6.92 Å². The molecule has 1 saturated heterocycles. The van der Waals surface area contributed by atoms with Gasteiger partial charge in [0.05, 0.1) is 30.1 Å². The van der Waals surface area contributed by atoms with Crippen molar-refractivity contribution in [2.24, 2.45) is 0 Å². The topological polar surface area (TPSA) is 109 Å². The minimum atomic E-state index is -0.353. The van der Waals surface area contributed by atoms with Crippen molar-refractivity contribution in [1.29, 1.82) is 0 Å². The van der Waals surface area contributed by atoms with Gasteiger partial charge in [-0.05, 0) is 26.7 Å². The standard InChI is InChI=1S/C20H28ClN5O4S/c1-5-7-13-16(21)25-17(23-13)18(27)24-12-8-9-26(10-14(12)29-4)20-22-11(3)15(31-20)19(28)30-6-2/h12,14H,5-10H2,1-4H3,(H,23,25)(H,24,27)/t12-,14+/m0/s1. The molecular formula is C20H28ClN5O4S. The molecule has 2 aromatic heterocycles. The van der Waals surface area contributed by atoms with E-state index >= 15 is 0 Å². The number of amides is 1. The van der Waals surface area contributed by atoms with Crippen molar-refractivity contribution in [3.63, 3.8) is 0 Å². The molecule has 2 N–H and O–H groups in total. The van der Waals surface area contributed by atoms with Gasteiger partial charge in [0.1, 0.15) is 4.88 Å². The van der Waals surface area contributed by atoms with Gasteiger partial charge in [-0.25, -0.2) is 14.8 Å².